The minimum atomic E-state index is -0.176. The molecule has 1 N–H and O–H groups in total. The van der Waals surface area contributed by atoms with Crippen LogP contribution in [0, 0.1) is 0 Å². The maximum Gasteiger partial charge on any atom is 0.0806 e. The van der Waals surface area contributed by atoms with E-state index in [1.165, 1.54) is 21.9 Å². The minimum absolute atomic E-state index is 0.00755. The van der Waals surface area contributed by atoms with Gasteiger partial charge in [0.15, 0.2) is 0 Å². The number of fused-ring (bicyclic) bond motifs is 3. The molecule has 0 radical (unpaired) electrons. The smallest absolute Gasteiger partial charge is 0.0806 e. The van der Waals surface area contributed by atoms with Crippen LogP contribution in [-0.2, 0) is 10.2 Å². The van der Waals surface area contributed by atoms with Gasteiger partial charge in [0.05, 0.1) is 25.0 Å². The molecule has 0 saturated heterocycles. The SMILES string of the molecule is C=C(S)C1=NC(/C(=C/COC)CO)C(C)c2c1cc(C(C)(C)C)c1ccccc21. The van der Waals surface area contributed by atoms with Crippen LogP contribution in [0.2, 0.25) is 0 Å². The van der Waals surface area contributed by atoms with Crippen LogP contribution in [0.5, 0.6) is 0 Å². The fraction of sp³-hybridized carbons (Fsp3) is 0.400. The van der Waals surface area contributed by atoms with Gasteiger partial charge in [0.1, 0.15) is 0 Å². The molecule has 2 aromatic rings. The molecule has 29 heavy (non-hydrogen) atoms. The van der Waals surface area contributed by atoms with Crippen molar-refractivity contribution >= 4 is 29.1 Å². The molecule has 2 atom stereocenters. The summed E-state index contributed by atoms with van der Waals surface area (Å²) in [7, 11) is 1.65. The molecule has 0 amide bonds. The van der Waals surface area contributed by atoms with Gasteiger partial charge in [-0.2, -0.15) is 0 Å². The first-order valence-electron chi connectivity index (χ1n) is 10.0. The van der Waals surface area contributed by atoms with Gasteiger partial charge in [-0.1, -0.05) is 64.6 Å². The van der Waals surface area contributed by atoms with E-state index in [0.717, 1.165) is 16.8 Å². The Kier molecular flexibility index (Phi) is 6.37. The van der Waals surface area contributed by atoms with E-state index in [9.17, 15) is 5.11 Å². The molecular weight excluding hydrogens is 378 g/mol. The number of aliphatic hydroxyl groups excluding tert-OH is 1. The summed E-state index contributed by atoms with van der Waals surface area (Å²) >= 11 is 4.57. The Labute approximate surface area is 179 Å². The number of methoxy groups -OCH3 is 1. The zero-order valence-electron chi connectivity index (χ0n) is 18.0. The number of aliphatic hydroxyl groups is 1. The van der Waals surface area contributed by atoms with E-state index >= 15 is 0 Å². The third kappa shape index (κ3) is 4.07. The lowest BCUT2D eigenvalue weighted by Gasteiger charge is -2.34. The van der Waals surface area contributed by atoms with E-state index < -0.39 is 0 Å². The Bertz CT molecular complexity index is 998. The molecule has 0 bridgehead atoms. The van der Waals surface area contributed by atoms with Gasteiger partial charge in [-0.25, -0.2) is 0 Å². The van der Waals surface area contributed by atoms with Gasteiger partial charge in [-0.3, -0.25) is 4.99 Å². The Hall–Kier alpha value is -1.88. The van der Waals surface area contributed by atoms with E-state index in [4.69, 9.17) is 9.73 Å². The second kappa shape index (κ2) is 8.47. The summed E-state index contributed by atoms with van der Waals surface area (Å²) in [6.45, 7) is 13.4. The summed E-state index contributed by atoms with van der Waals surface area (Å²) in [5.41, 5.74) is 5.29. The van der Waals surface area contributed by atoms with Gasteiger partial charge in [-0.15, -0.1) is 12.6 Å². The summed E-state index contributed by atoms with van der Waals surface area (Å²) in [6, 6.07) is 10.7. The molecule has 0 saturated carbocycles. The molecule has 2 aromatic carbocycles. The maximum absolute atomic E-state index is 10.0. The van der Waals surface area contributed by atoms with Crippen LogP contribution >= 0.6 is 12.6 Å². The zero-order valence-corrected chi connectivity index (χ0v) is 18.9. The molecule has 0 aliphatic carbocycles. The number of allylic oxidation sites excluding steroid dienone is 1. The first kappa shape index (κ1) is 21.8. The maximum atomic E-state index is 10.0. The summed E-state index contributed by atoms with van der Waals surface area (Å²) in [5.74, 6) is 0.107. The fourth-order valence-corrected chi connectivity index (χ4v) is 4.46. The fourth-order valence-electron chi connectivity index (χ4n) is 4.29. The van der Waals surface area contributed by atoms with Crippen molar-refractivity contribution in [2.24, 2.45) is 4.99 Å². The topological polar surface area (TPSA) is 41.8 Å². The molecule has 4 heteroatoms. The number of benzene rings is 2. The molecule has 2 unspecified atom stereocenters. The lowest BCUT2D eigenvalue weighted by atomic mass is 9.75. The molecule has 0 spiro atoms. The van der Waals surface area contributed by atoms with Gasteiger partial charge in [0.2, 0.25) is 0 Å². The van der Waals surface area contributed by atoms with Crippen molar-refractivity contribution in [3.8, 4) is 0 Å². The van der Waals surface area contributed by atoms with Gasteiger partial charge >= 0.3 is 0 Å². The van der Waals surface area contributed by atoms with Crippen LogP contribution in [0.3, 0.4) is 0 Å². The van der Waals surface area contributed by atoms with Crippen LogP contribution in [-0.4, -0.2) is 37.2 Å². The van der Waals surface area contributed by atoms with Crippen LogP contribution in [0.15, 0.2) is 58.5 Å². The van der Waals surface area contributed by atoms with Crippen molar-refractivity contribution in [3.63, 3.8) is 0 Å². The number of hydrogen-bond acceptors (Lipinski definition) is 4. The number of ether oxygens (including phenoxy) is 1. The molecule has 1 heterocycles. The van der Waals surface area contributed by atoms with Gasteiger partial charge in [-0.05, 0) is 39.0 Å². The highest BCUT2D eigenvalue weighted by atomic mass is 32.1. The lowest BCUT2D eigenvalue weighted by molar-refractivity contribution is 0.230. The van der Waals surface area contributed by atoms with Crippen molar-refractivity contribution in [1.82, 2.24) is 0 Å². The van der Waals surface area contributed by atoms with Crippen molar-refractivity contribution in [1.29, 1.82) is 0 Å². The Morgan fingerprint density at radius 3 is 2.48 bits per heavy atom. The first-order chi connectivity index (χ1) is 13.7. The summed E-state index contributed by atoms with van der Waals surface area (Å²) in [6.07, 6.45) is 1.93. The summed E-state index contributed by atoms with van der Waals surface area (Å²) in [4.78, 5) is 5.66. The van der Waals surface area contributed by atoms with Gasteiger partial charge < -0.3 is 9.84 Å². The Balaban J connectivity index is 2.35. The molecule has 1 aliphatic rings. The predicted molar refractivity (Wildman–Crippen MR) is 127 cm³/mol. The molecule has 0 fully saturated rings. The Morgan fingerprint density at radius 1 is 1.28 bits per heavy atom. The number of nitrogens with zero attached hydrogens (tertiary/aromatic N) is 1. The number of rotatable bonds is 5. The highest BCUT2D eigenvalue weighted by molar-refractivity contribution is 7.85. The van der Waals surface area contributed by atoms with Crippen LogP contribution < -0.4 is 0 Å². The average Bonchev–Trinajstić information content (AvgIpc) is 2.67. The highest BCUT2D eigenvalue weighted by Gasteiger charge is 2.33. The number of thiol groups is 1. The van der Waals surface area contributed by atoms with Crippen molar-refractivity contribution in [2.75, 3.05) is 20.3 Å². The quantitative estimate of drug-likeness (QED) is 0.511. The van der Waals surface area contributed by atoms with Crippen molar-refractivity contribution < 1.29 is 9.84 Å². The molecule has 154 valence electrons. The molecule has 0 aromatic heterocycles. The number of aliphatic imine (C=N–C) groups is 1. The average molecular weight is 410 g/mol. The standard InChI is InChI=1S/C25H31NO2S/c1-15-22-19-10-8-7-9-18(19)21(25(3,4)5)13-20(22)24(16(2)29)26-23(15)17(14-27)11-12-28-6/h7-11,13,15,23,27,29H,2,12,14H2,1,3-6H3/b17-11+. The molecular formula is C25H31NO2S. The highest BCUT2D eigenvalue weighted by Crippen LogP contribution is 2.43. The monoisotopic (exact) mass is 409 g/mol. The predicted octanol–water partition coefficient (Wildman–Crippen LogP) is 5.42. The third-order valence-electron chi connectivity index (χ3n) is 5.69. The minimum Gasteiger partial charge on any atom is -0.392 e. The lowest BCUT2D eigenvalue weighted by Crippen LogP contribution is -2.29. The second-order valence-electron chi connectivity index (χ2n) is 8.73. The van der Waals surface area contributed by atoms with E-state index in [-0.39, 0.29) is 24.0 Å². The second-order valence-corrected chi connectivity index (χ2v) is 9.27. The van der Waals surface area contributed by atoms with E-state index in [0.29, 0.717) is 11.5 Å². The van der Waals surface area contributed by atoms with Crippen molar-refractivity contribution in [2.45, 2.75) is 45.1 Å². The molecule has 1 aliphatic heterocycles. The zero-order chi connectivity index (χ0) is 21.3. The summed E-state index contributed by atoms with van der Waals surface area (Å²) in [5, 5.41) is 12.5. The van der Waals surface area contributed by atoms with Crippen LogP contribution in [0.25, 0.3) is 10.8 Å². The van der Waals surface area contributed by atoms with Crippen LogP contribution in [0.1, 0.15) is 50.3 Å². The number of hydrogen-bond donors (Lipinski definition) is 2. The first-order valence-corrected chi connectivity index (χ1v) is 10.5. The normalized spacial score (nSPS) is 19.8. The van der Waals surface area contributed by atoms with E-state index in [2.05, 4.69) is 77.2 Å². The van der Waals surface area contributed by atoms with Crippen LogP contribution in [0.4, 0.5) is 0 Å². The van der Waals surface area contributed by atoms with E-state index in [1.54, 1.807) is 7.11 Å². The van der Waals surface area contributed by atoms with Crippen molar-refractivity contribution in [3.05, 3.63) is 70.2 Å². The summed E-state index contributed by atoms with van der Waals surface area (Å²) < 4.78 is 5.20. The molecule has 3 nitrogen and oxygen atoms in total. The van der Waals surface area contributed by atoms with Gasteiger partial charge in [0, 0.05) is 23.5 Å². The van der Waals surface area contributed by atoms with E-state index in [1.807, 2.05) is 6.08 Å². The Morgan fingerprint density at radius 2 is 1.93 bits per heavy atom. The molecule has 3 rings (SSSR count). The third-order valence-corrected chi connectivity index (χ3v) is 5.91. The van der Waals surface area contributed by atoms with Gasteiger partial charge in [0.25, 0.3) is 0 Å². The largest absolute Gasteiger partial charge is 0.392 e.